The minimum Gasteiger partial charge on any atom is -0.483 e. The van der Waals surface area contributed by atoms with Crippen molar-refractivity contribution in [2.24, 2.45) is 5.92 Å². The fourth-order valence-corrected chi connectivity index (χ4v) is 2.50. The molecular weight excluding hydrogens is 335 g/mol. The molecular formula is C20H23FN2O3. The van der Waals surface area contributed by atoms with E-state index in [0.717, 1.165) is 0 Å². The summed E-state index contributed by atoms with van der Waals surface area (Å²) in [5, 5.41) is 2.44. The summed E-state index contributed by atoms with van der Waals surface area (Å²) in [5.74, 6) is -0.552. The van der Waals surface area contributed by atoms with Gasteiger partial charge in [0.15, 0.2) is 6.61 Å². The number of anilines is 1. The predicted molar refractivity (Wildman–Crippen MR) is 98.8 cm³/mol. The highest BCUT2D eigenvalue weighted by atomic mass is 19.1. The first-order chi connectivity index (χ1) is 12.4. The van der Waals surface area contributed by atoms with Crippen LogP contribution in [0.2, 0.25) is 0 Å². The lowest BCUT2D eigenvalue weighted by Gasteiger charge is -2.20. The van der Waals surface area contributed by atoms with Crippen molar-refractivity contribution in [3.05, 3.63) is 59.9 Å². The molecule has 2 aromatic rings. The zero-order chi connectivity index (χ0) is 19.1. The Labute approximate surface area is 152 Å². The van der Waals surface area contributed by atoms with Gasteiger partial charge in [-0.25, -0.2) is 4.39 Å². The van der Waals surface area contributed by atoms with E-state index >= 15 is 0 Å². The molecule has 6 heteroatoms. The van der Waals surface area contributed by atoms with Crippen LogP contribution in [0.4, 0.5) is 10.1 Å². The first-order valence-corrected chi connectivity index (χ1v) is 8.40. The standard InChI is InChI=1S/C20H23FN2O3/c1-14(2)12-23(3)20(25)15-8-4-7-11-18(15)26-13-19(24)22-17-10-6-5-9-16(17)21/h4-11,14H,12-13H2,1-3H3,(H,22,24). The molecule has 2 aromatic carbocycles. The number of nitrogens with one attached hydrogen (secondary N) is 1. The molecule has 0 aromatic heterocycles. The second-order valence-corrected chi connectivity index (χ2v) is 6.39. The van der Waals surface area contributed by atoms with E-state index in [9.17, 15) is 14.0 Å². The van der Waals surface area contributed by atoms with Crippen molar-refractivity contribution >= 4 is 17.5 Å². The third-order valence-electron chi connectivity index (χ3n) is 3.61. The number of para-hydroxylation sites is 2. The van der Waals surface area contributed by atoms with E-state index in [-0.39, 0.29) is 18.2 Å². The van der Waals surface area contributed by atoms with Crippen LogP contribution in [0.3, 0.4) is 0 Å². The number of halogens is 1. The van der Waals surface area contributed by atoms with Crippen LogP contribution in [0.5, 0.6) is 5.75 Å². The molecule has 0 bridgehead atoms. The molecule has 0 fully saturated rings. The molecule has 1 N–H and O–H groups in total. The summed E-state index contributed by atoms with van der Waals surface area (Å²) in [4.78, 5) is 26.2. The van der Waals surface area contributed by atoms with Crippen molar-refractivity contribution in [3.63, 3.8) is 0 Å². The first-order valence-electron chi connectivity index (χ1n) is 8.40. The minimum atomic E-state index is -0.522. The molecule has 0 aliphatic carbocycles. The average Bonchev–Trinajstić information content (AvgIpc) is 2.61. The van der Waals surface area contributed by atoms with Crippen molar-refractivity contribution < 1.29 is 18.7 Å². The maximum atomic E-state index is 13.6. The van der Waals surface area contributed by atoms with Gasteiger partial charge in [-0.15, -0.1) is 0 Å². The highest BCUT2D eigenvalue weighted by Gasteiger charge is 2.18. The minimum absolute atomic E-state index is 0.0853. The summed E-state index contributed by atoms with van der Waals surface area (Å²) in [7, 11) is 1.73. The van der Waals surface area contributed by atoms with Crippen LogP contribution >= 0.6 is 0 Å². The summed E-state index contributed by atoms with van der Waals surface area (Å²) in [6, 6.07) is 12.6. The third kappa shape index (κ3) is 5.31. The quantitative estimate of drug-likeness (QED) is 0.823. The molecule has 2 amide bonds. The van der Waals surface area contributed by atoms with E-state index in [1.807, 2.05) is 13.8 Å². The Hall–Kier alpha value is -2.89. The van der Waals surface area contributed by atoms with Crippen LogP contribution in [0.1, 0.15) is 24.2 Å². The van der Waals surface area contributed by atoms with Gasteiger partial charge in [-0.1, -0.05) is 38.1 Å². The Balaban J connectivity index is 2.03. The van der Waals surface area contributed by atoms with Crippen LogP contribution in [0.15, 0.2) is 48.5 Å². The monoisotopic (exact) mass is 358 g/mol. The Morgan fingerprint density at radius 1 is 1.12 bits per heavy atom. The topological polar surface area (TPSA) is 58.6 Å². The Bertz CT molecular complexity index is 777. The van der Waals surface area contributed by atoms with E-state index in [4.69, 9.17) is 4.74 Å². The van der Waals surface area contributed by atoms with Gasteiger partial charge < -0.3 is 15.0 Å². The number of rotatable bonds is 7. The normalized spacial score (nSPS) is 10.5. The van der Waals surface area contributed by atoms with E-state index < -0.39 is 11.7 Å². The molecule has 0 saturated heterocycles. The van der Waals surface area contributed by atoms with Gasteiger partial charge in [0.05, 0.1) is 11.3 Å². The lowest BCUT2D eigenvalue weighted by molar-refractivity contribution is -0.118. The highest BCUT2D eigenvalue weighted by Crippen LogP contribution is 2.20. The van der Waals surface area contributed by atoms with Crippen LogP contribution in [0, 0.1) is 11.7 Å². The van der Waals surface area contributed by atoms with Crippen molar-refractivity contribution in [1.29, 1.82) is 0 Å². The third-order valence-corrected chi connectivity index (χ3v) is 3.61. The molecule has 0 aliphatic heterocycles. The number of nitrogens with zero attached hydrogens (tertiary/aromatic N) is 1. The molecule has 0 heterocycles. The number of carbonyl (C=O) groups excluding carboxylic acids is 2. The number of carbonyl (C=O) groups is 2. The zero-order valence-corrected chi connectivity index (χ0v) is 15.2. The molecule has 0 aliphatic rings. The molecule has 0 atom stereocenters. The summed E-state index contributed by atoms with van der Waals surface area (Å²) in [5.41, 5.74) is 0.469. The fourth-order valence-electron chi connectivity index (χ4n) is 2.50. The predicted octanol–water partition coefficient (Wildman–Crippen LogP) is 3.57. The van der Waals surface area contributed by atoms with Gasteiger partial charge in [0.25, 0.3) is 11.8 Å². The summed E-state index contributed by atoms with van der Waals surface area (Å²) in [6.07, 6.45) is 0. The van der Waals surface area contributed by atoms with Gasteiger partial charge in [-0.3, -0.25) is 9.59 Å². The van der Waals surface area contributed by atoms with E-state index in [0.29, 0.717) is 23.8 Å². The Morgan fingerprint density at radius 3 is 2.46 bits per heavy atom. The molecule has 26 heavy (non-hydrogen) atoms. The van der Waals surface area contributed by atoms with Crippen LogP contribution in [-0.4, -0.2) is 36.9 Å². The van der Waals surface area contributed by atoms with Crippen LogP contribution in [0.25, 0.3) is 0 Å². The van der Waals surface area contributed by atoms with Gasteiger partial charge in [-0.05, 0) is 30.2 Å². The zero-order valence-electron chi connectivity index (χ0n) is 15.2. The van der Waals surface area contributed by atoms with Crippen molar-refractivity contribution in [2.75, 3.05) is 25.5 Å². The number of benzene rings is 2. The summed E-state index contributed by atoms with van der Waals surface area (Å²) in [6.45, 7) is 4.34. The lowest BCUT2D eigenvalue weighted by atomic mass is 10.1. The second kappa shape index (κ2) is 8.99. The molecule has 0 radical (unpaired) electrons. The van der Waals surface area contributed by atoms with Gasteiger partial charge in [0, 0.05) is 13.6 Å². The fraction of sp³-hybridized carbons (Fsp3) is 0.300. The van der Waals surface area contributed by atoms with E-state index in [1.165, 1.54) is 18.2 Å². The summed E-state index contributed by atoms with van der Waals surface area (Å²) < 4.78 is 19.1. The molecule has 138 valence electrons. The van der Waals surface area contributed by atoms with Crippen molar-refractivity contribution in [2.45, 2.75) is 13.8 Å². The largest absolute Gasteiger partial charge is 0.483 e. The molecule has 0 saturated carbocycles. The molecule has 5 nitrogen and oxygen atoms in total. The summed E-state index contributed by atoms with van der Waals surface area (Å²) >= 11 is 0. The molecule has 0 spiro atoms. The molecule has 2 rings (SSSR count). The average molecular weight is 358 g/mol. The van der Waals surface area contributed by atoms with Crippen molar-refractivity contribution in [1.82, 2.24) is 4.90 Å². The second-order valence-electron chi connectivity index (χ2n) is 6.39. The maximum absolute atomic E-state index is 13.6. The van der Waals surface area contributed by atoms with Crippen LogP contribution < -0.4 is 10.1 Å². The lowest BCUT2D eigenvalue weighted by Crippen LogP contribution is -2.31. The smallest absolute Gasteiger partial charge is 0.262 e. The number of hydrogen-bond acceptors (Lipinski definition) is 3. The van der Waals surface area contributed by atoms with Gasteiger partial charge in [0.1, 0.15) is 11.6 Å². The number of amides is 2. The highest BCUT2D eigenvalue weighted by molar-refractivity contribution is 5.97. The SMILES string of the molecule is CC(C)CN(C)C(=O)c1ccccc1OCC(=O)Nc1ccccc1F. The molecule has 0 unspecified atom stereocenters. The van der Waals surface area contributed by atoms with E-state index in [1.54, 1.807) is 42.3 Å². The van der Waals surface area contributed by atoms with Gasteiger partial charge in [-0.2, -0.15) is 0 Å². The van der Waals surface area contributed by atoms with Crippen molar-refractivity contribution in [3.8, 4) is 5.75 Å². The first kappa shape index (κ1) is 19.4. The maximum Gasteiger partial charge on any atom is 0.262 e. The Kier molecular flexibility index (Phi) is 6.72. The van der Waals surface area contributed by atoms with Gasteiger partial charge >= 0.3 is 0 Å². The number of hydrogen-bond donors (Lipinski definition) is 1. The number of ether oxygens (including phenoxy) is 1. The Morgan fingerprint density at radius 2 is 1.77 bits per heavy atom. The van der Waals surface area contributed by atoms with E-state index in [2.05, 4.69) is 5.32 Å². The van der Waals surface area contributed by atoms with Gasteiger partial charge in [0.2, 0.25) is 0 Å². The van der Waals surface area contributed by atoms with Crippen LogP contribution in [-0.2, 0) is 4.79 Å².